The lowest BCUT2D eigenvalue weighted by atomic mass is 11.4. The Labute approximate surface area is 55.3 Å². The van der Waals surface area contributed by atoms with Gasteiger partial charge in [-0.05, 0) is 0 Å². The molecule has 5 heteroatoms. The van der Waals surface area contributed by atoms with E-state index in [1.165, 1.54) is 20.3 Å². The van der Waals surface area contributed by atoms with Gasteiger partial charge in [0.15, 0.2) is 0 Å². The largest absolute Gasteiger partial charge is 0.408 e. The average molecular weight is 146 g/mol. The third-order valence-electron chi connectivity index (χ3n) is 0.728. The minimum Gasteiger partial charge on any atom is -0.396 e. The van der Waals surface area contributed by atoms with E-state index in [4.69, 9.17) is 8.85 Å². The van der Waals surface area contributed by atoms with Gasteiger partial charge in [0.05, 0.1) is 6.17 Å². The molecule has 0 saturated heterocycles. The second-order valence-corrected chi connectivity index (χ2v) is 3.06. The highest BCUT2D eigenvalue weighted by Crippen LogP contribution is 1.83. The van der Waals surface area contributed by atoms with Gasteiger partial charge in [-0.1, -0.05) is 0 Å². The maximum absolute atomic E-state index is 9.55. The van der Waals surface area contributed by atoms with Gasteiger partial charge in [0.2, 0.25) is 6.08 Å². The number of hydrogen-bond donors (Lipinski definition) is 0. The van der Waals surface area contributed by atoms with Crippen molar-refractivity contribution in [2.45, 2.75) is 0 Å². The molecule has 51 valence electrons. The van der Waals surface area contributed by atoms with Crippen LogP contribution in [0.3, 0.4) is 0 Å². The first-order valence-corrected chi connectivity index (χ1v) is 3.85. The normalized spacial score (nSPS) is 9.22. The molecule has 0 heterocycles. The van der Waals surface area contributed by atoms with Crippen LogP contribution in [-0.4, -0.2) is 35.8 Å². The van der Waals surface area contributed by atoms with Crippen LogP contribution in [0.5, 0.6) is 0 Å². The molecule has 9 heavy (non-hydrogen) atoms. The van der Waals surface area contributed by atoms with E-state index in [-0.39, 0.29) is 0 Å². The zero-order chi connectivity index (χ0) is 7.11. The average Bonchev–Trinajstić information content (AvgIpc) is 1.91. The van der Waals surface area contributed by atoms with Crippen molar-refractivity contribution in [1.29, 1.82) is 0 Å². The Morgan fingerprint density at radius 1 is 1.56 bits per heavy atom. The lowest BCUT2D eigenvalue weighted by Crippen LogP contribution is -2.23. The van der Waals surface area contributed by atoms with Gasteiger partial charge in [0, 0.05) is 14.2 Å². The Balaban J connectivity index is 3.42. The Hall–Kier alpha value is -0.483. The number of rotatable bonds is 4. The Morgan fingerprint density at radius 3 is 2.44 bits per heavy atom. The van der Waals surface area contributed by atoms with Crippen LogP contribution in [-0.2, 0) is 13.6 Å². The summed E-state index contributed by atoms with van der Waals surface area (Å²) < 4.78 is 9.62. The molecule has 0 aliphatic rings. The molecule has 4 nitrogen and oxygen atoms in total. The van der Waals surface area contributed by atoms with Crippen LogP contribution in [0.1, 0.15) is 0 Å². The monoisotopic (exact) mass is 146 g/mol. The molecule has 1 radical (unpaired) electrons. The van der Waals surface area contributed by atoms with Gasteiger partial charge in [-0.15, -0.1) is 0 Å². The van der Waals surface area contributed by atoms with Crippen LogP contribution < -0.4 is 0 Å². The number of carbonyl (C=O) groups excluding carboxylic acids is 1. The van der Waals surface area contributed by atoms with E-state index < -0.39 is 9.28 Å². The minimum atomic E-state index is -1.32. The third kappa shape index (κ3) is 4.05. The summed E-state index contributed by atoms with van der Waals surface area (Å²) in [6.07, 6.45) is 1.71. The molecule has 0 bridgehead atoms. The Bertz CT molecular complexity index is 108. The number of isocyanates is 1. The summed E-state index contributed by atoms with van der Waals surface area (Å²) in [7, 11) is 1.74. The topological polar surface area (TPSA) is 47.9 Å². The second-order valence-electron chi connectivity index (χ2n) is 1.19. The first kappa shape index (κ1) is 8.52. The molecule has 0 N–H and O–H groups in total. The first-order chi connectivity index (χ1) is 4.35. The van der Waals surface area contributed by atoms with Gasteiger partial charge >= 0.3 is 9.28 Å². The minimum absolute atomic E-state index is 0.307. The summed E-state index contributed by atoms with van der Waals surface area (Å²) in [4.78, 5) is 12.9. The zero-order valence-electron chi connectivity index (χ0n) is 5.38. The standard InChI is InChI=1S/C4H8NO3Si/c1-7-9(8-2)4-5-3-6/h4H2,1-2H3. The van der Waals surface area contributed by atoms with Gasteiger partial charge in [-0.3, -0.25) is 0 Å². The molecule has 0 amide bonds. The molecule has 0 fully saturated rings. The van der Waals surface area contributed by atoms with Crippen LogP contribution in [0.15, 0.2) is 4.99 Å². The molecule has 0 rings (SSSR count). The highest BCUT2D eigenvalue weighted by molar-refractivity contribution is 6.44. The van der Waals surface area contributed by atoms with E-state index in [1.807, 2.05) is 0 Å². The van der Waals surface area contributed by atoms with Gasteiger partial charge in [0.1, 0.15) is 0 Å². The van der Waals surface area contributed by atoms with Crippen molar-refractivity contribution in [1.82, 2.24) is 0 Å². The summed E-state index contributed by atoms with van der Waals surface area (Å²) in [5.74, 6) is 0. The summed E-state index contributed by atoms with van der Waals surface area (Å²) in [5, 5.41) is 0. The predicted molar refractivity (Wildman–Crippen MR) is 32.8 cm³/mol. The van der Waals surface area contributed by atoms with Crippen molar-refractivity contribution in [2.75, 3.05) is 20.4 Å². The van der Waals surface area contributed by atoms with Crippen molar-refractivity contribution in [2.24, 2.45) is 4.99 Å². The van der Waals surface area contributed by atoms with E-state index in [0.717, 1.165) is 0 Å². The van der Waals surface area contributed by atoms with Crippen molar-refractivity contribution >= 4 is 15.4 Å². The maximum atomic E-state index is 9.55. The maximum Gasteiger partial charge on any atom is 0.408 e. The fraction of sp³-hybridized carbons (Fsp3) is 0.750. The van der Waals surface area contributed by atoms with E-state index in [9.17, 15) is 4.79 Å². The van der Waals surface area contributed by atoms with E-state index in [0.29, 0.717) is 6.17 Å². The highest BCUT2D eigenvalue weighted by atomic mass is 28.3. The molecule has 0 unspecified atom stereocenters. The molecule has 0 spiro atoms. The molecule has 0 aliphatic heterocycles. The quantitative estimate of drug-likeness (QED) is 0.309. The van der Waals surface area contributed by atoms with Crippen molar-refractivity contribution in [3.8, 4) is 0 Å². The lowest BCUT2D eigenvalue weighted by Gasteiger charge is -2.02. The van der Waals surface area contributed by atoms with Crippen LogP contribution in [0, 0.1) is 0 Å². The first-order valence-electron chi connectivity index (χ1n) is 2.32. The molecular formula is C4H8NO3Si. The van der Waals surface area contributed by atoms with Crippen molar-refractivity contribution in [3.63, 3.8) is 0 Å². The van der Waals surface area contributed by atoms with E-state index in [1.54, 1.807) is 0 Å². The fourth-order valence-corrected chi connectivity index (χ4v) is 0.928. The number of nitrogens with zero attached hydrogens (tertiary/aromatic N) is 1. The molecular weight excluding hydrogens is 138 g/mol. The SMILES string of the molecule is CO[Si](CN=C=O)OC. The molecule has 0 aromatic heterocycles. The lowest BCUT2D eigenvalue weighted by molar-refractivity contribution is 0.279. The number of hydrogen-bond acceptors (Lipinski definition) is 4. The van der Waals surface area contributed by atoms with Gasteiger partial charge in [0.25, 0.3) is 0 Å². The van der Waals surface area contributed by atoms with Gasteiger partial charge < -0.3 is 8.85 Å². The van der Waals surface area contributed by atoms with Gasteiger partial charge in [-0.25, -0.2) is 9.79 Å². The summed E-state index contributed by atoms with van der Waals surface area (Å²) in [6.45, 7) is 0. The Morgan fingerprint density at radius 2 is 2.11 bits per heavy atom. The van der Waals surface area contributed by atoms with Crippen LogP contribution in [0.25, 0.3) is 0 Å². The number of aliphatic imine (C=N–C) groups is 1. The Kier molecular flexibility index (Phi) is 5.35. The highest BCUT2D eigenvalue weighted by Gasteiger charge is 2.09. The zero-order valence-corrected chi connectivity index (χ0v) is 6.38. The predicted octanol–water partition coefficient (Wildman–Crippen LogP) is -0.358. The fourth-order valence-electron chi connectivity index (χ4n) is 0.309. The molecule has 0 aliphatic carbocycles. The summed E-state index contributed by atoms with van der Waals surface area (Å²) >= 11 is 0. The van der Waals surface area contributed by atoms with Crippen LogP contribution >= 0.6 is 0 Å². The molecule has 0 atom stereocenters. The molecule has 0 saturated carbocycles. The van der Waals surface area contributed by atoms with E-state index >= 15 is 0 Å². The molecule has 0 aromatic carbocycles. The summed E-state index contributed by atoms with van der Waals surface area (Å²) in [6, 6.07) is 0. The third-order valence-corrected chi connectivity index (χ3v) is 2.06. The van der Waals surface area contributed by atoms with Crippen molar-refractivity contribution < 1.29 is 13.6 Å². The van der Waals surface area contributed by atoms with E-state index in [2.05, 4.69) is 4.99 Å². The second kappa shape index (κ2) is 5.65. The van der Waals surface area contributed by atoms with Crippen molar-refractivity contribution in [3.05, 3.63) is 0 Å². The van der Waals surface area contributed by atoms with Crippen LogP contribution in [0.2, 0.25) is 0 Å². The van der Waals surface area contributed by atoms with Gasteiger partial charge in [-0.2, -0.15) is 0 Å². The molecule has 0 aromatic rings. The smallest absolute Gasteiger partial charge is 0.396 e. The van der Waals surface area contributed by atoms with Crippen LogP contribution in [0.4, 0.5) is 0 Å². The summed E-state index contributed by atoms with van der Waals surface area (Å²) in [5.41, 5.74) is 0.